The second kappa shape index (κ2) is 8.69. The highest BCUT2D eigenvalue weighted by atomic mass is 19.1. The lowest BCUT2D eigenvalue weighted by atomic mass is 9.98. The van der Waals surface area contributed by atoms with Crippen molar-refractivity contribution in [2.75, 3.05) is 6.61 Å². The minimum Gasteiger partial charge on any atom is -0.508 e. The van der Waals surface area contributed by atoms with Gasteiger partial charge in [0.25, 0.3) is 0 Å². The molecule has 10 nitrogen and oxygen atoms in total. The number of nitrogens with zero attached hydrogens (tertiary/aromatic N) is 2. The molecule has 0 bridgehead atoms. The van der Waals surface area contributed by atoms with Crippen LogP contribution in [-0.2, 0) is 11.2 Å². The number of hydrogen-bond acceptors (Lipinski definition) is 9. The Hall–Kier alpha value is -2.28. The van der Waals surface area contributed by atoms with E-state index in [0.29, 0.717) is 11.3 Å². The number of halogens is 1. The third-order valence-electron chi connectivity index (χ3n) is 5.30. The van der Waals surface area contributed by atoms with Crippen molar-refractivity contribution in [2.24, 2.45) is 0 Å². The average Bonchev–Trinajstić information content (AvgIpc) is 3.01. The van der Waals surface area contributed by atoms with Gasteiger partial charge in [-0.3, -0.25) is 4.68 Å². The first-order valence-corrected chi connectivity index (χ1v) is 9.78. The Balaban J connectivity index is 2.01. The molecule has 1 aliphatic rings. The third-order valence-corrected chi connectivity index (χ3v) is 5.30. The number of aromatic hydroxyl groups is 1. The second-order valence-electron chi connectivity index (χ2n) is 7.86. The van der Waals surface area contributed by atoms with Gasteiger partial charge in [0.15, 0.2) is 6.10 Å². The monoisotopic (exact) mass is 442 g/mol. The van der Waals surface area contributed by atoms with Crippen LogP contribution < -0.4 is 4.74 Å². The zero-order chi connectivity index (χ0) is 23.1. The summed E-state index contributed by atoms with van der Waals surface area (Å²) in [6.07, 6.45) is -7.09. The molecule has 1 aromatic heterocycles. The van der Waals surface area contributed by atoms with Crippen molar-refractivity contribution in [1.82, 2.24) is 9.78 Å². The molecule has 0 spiro atoms. The summed E-state index contributed by atoms with van der Waals surface area (Å²) in [6.45, 7) is 4.64. The first kappa shape index (κ1) is 23.4. The summed E-state index contributed by atoms with van der Waals surface area (Å²) in [7, 11) is 0. The first-order valence-electron chi connectivity index (χ1n) is 9.78. The Morgan fingerprint density at radius 3 is 2.52 bits per heavy atom. The largest absolute Gasteiger partial charge is 0.508 e. The lowest BCUT2D eigenvalue weighted by molar-refractivity contribution is -0.423. The Labute approximate surface area is 177 Å². The molecule has 172 valence electrons. The molecule has 31 heavy (non-hydrogen) atoms. The van der Waals surface area contributed by atoms with Gasteiger partial charge in [0.05, 0.1) is 6.61 Å². The number of ether oxygens (including phenoxy) is 2. The molecule has 2 heterocycles. The number of phenolic OH excluding ortho intramolecular Hbond substituents is 1. The summed E-state index contributed by atoms with van der Waals surface area (Å²) >= 11 is 0. The summed E-state index contributed by atoms with van der Waals surface area (Å²) < 4.78 is 26.5. The molecular formula is C20H27FN2O8. The van der Waals surface area contributed by atoms with E-state index in [1.807, 2.05) is 13.8 Å². The normalized spacial score (nSPS) is 28.8. The molecule has 1 aromatic carbocycles. The number of benzene rings is 1. The Morgan fingerprint density at radius 1 is 1.26 bits per heavy atom. The zero-order valence-corrected chi connectivity index (χ0v) is 17.3. The highest BCUT2D eigenvalue weighted by Crippen LogP contribution is 2.35. The fourth-order valence-corrected chi connectivity index (χ4v) is 3.53. The minimum atomic E-state index is -2.84. The predicted octanol–water partition coefficient (Wildman–Crippen LogP) is -0.293. The average molecular weight is 442 g/mol. The lowest BCUT2D eigenvalue weighted by Gasteiger charge is -2.43. The maximum atomic E-state index is 14.3. The van der Waals surface area contributed by atoms with E-state index in [4.69, 9.17) is 9.47 Å². The molecule has 0 saturated carbocycles. The lowest BCUT2D eigenvalue weighted by Crippen LogP contribution is -2.67. The summed E-state index contributed by atoms with van der Waals surface area (Å²) in [4.78, 5) is 0. The van der Waals surface area contributed by atoms with Gasteiger partial charge < -0.3 is 40.1 Å². The number of rotatable bonds is 6. The molecule has 11 heteroatoms. The summed E-state index contributed by atoms with van der Waals surface area (Å²) in [5.41, 5.74) is 1.17. The van der Waals surface area contributed by atoms with Gasteiger partial charge in [-0.05, 0) is 32.4 Å². The summed E-state index contributed by atoms with van der Waals surface area (Å²) in [5.74, 6) is -3.92. The molecule has 0 aliphatic carbocycles. The topological polar surface area (TPSA) is 158 Å². The molecule has 5 atom stereocenters. The molecule has 1 aliphatic heterocycles. The van der Waals surface area contributed by atoms with Gasteiger partial charge in [-0.2, -0.15) is 0 Å². The Morgan fingerprint density at radius 2 is 1.94 bits per heavy atom. The highest BCUT2D eigenvalue weighted by Gasteiger charge is 2.55. The zero-order valence-electron chi connectivity index (χ0n) is 17.3. The van der Waals surface area contributed by atoms with Crippen molar-refractivity contribution in [1.29, 1.82) is 0 Å². The van der Waals surface area contributed by atoms with Crippen molar-refractivity contribution < 1.29 is 44.5 Å². The maximum absolute atomic E-state index is 14.3. The van der Waals surface area contributed by atoms with E-state index < -0.39 is 42.8 Å². The SMILES string of the molecule is Cc1c(Cc2ccc(O)cc2F)c(O[C@]2(O)O[C@H](CO)[C@@H](O)[C@H](O)[C@H]2O)nn1C(C)C. The standard InChI is InChI=1S/C20H27FN2O8/c1-9(2)23-10(3)13(6-11-4-5-12(25)7-14(11)21)19(22-23)31-20(29)18(28)17(27)16(26)15(8-24)30-20/h4-5,7,9,15-18,24-29H,6,8H2,1-3H3/t15-,16-,17+,18-,20-/m1/s1. The van der Waals surface area contributed by atoms with Gasteiger partial charge in [-0.25, -0.2) is 4.39 Å². The van der Waals surface area contributed by atoms with E-state index in [9.17, 15) is 35.0 Å². The van der Waals surface area contributed by atoms with Crippen molar-refractivity contribution in [2.45, 2.75) is 63.6 Å². The number of phenols is 1. The van der Waals surface area contributed by atoms with E-state index in [2.05, 4.69) is 5.10 Å². The van der Waals surface area contributed by atoms with Crippen molar-refractivity contribution >= 4 is 0 Å². The predicted molar refractivity (Wildman–Crippen MR) is 104 cm³/mol. The fraction of sp³-hybridized carbons (Fsp3) is 0.550. The van der Waals surface area contributed by atoms with E-state index in [0.717, 1.165) is 6.07 Å². The van der Waals surface area contributed by atoms with Gasteiger partial charge in [-0.1, -0.05) is 6.07 Å². The van der Waals surface area contributed by atoms with Gasteiger partial charge in [0, 0.05) is 29.8 Å². The van der Waals surface area contributed by atoms with Gasteiger partial charge in [0.1, 0.15) is 29.9 Å². The van der Waals surface area contributed by atoms with Crippen LogP contribution in [-0.4, -0.2) is 77.4 Å². The van der Waals surface area contributed by atoms with E-state index >= 15 is 0 Å². The fourth-order valence-electron chi connectivity index (χ4n) is 3.53. The van der Waals surface area contributed by atoms with Crippen molar-refractivity contribution in [3.8, 4) is 11.6 Å². The summed E-state index contributed by atoms with van der Waals surface area (Å²) in [5, 5.41) is 64.1. The van der Waals surface area contributed by atoms with Crippen LogP contribution in [0.2, 0.25) is 0 Å². The van der Waals surface area contributed by atoms with Crippen LogP contribution in [0.3, 0.4) is 0 Å². The van der Waals surface area contributed by atoms with Crippen LogP contribution in [0.5, 0.6) is 11.6 Å². The van der Waals surface area contributed by atoms with Crippen LogP contribution >= 0.6 is 0 Å². The quantitative estimate of drug-likeness (QED) is 0.331. The molecule has 6 N–H and O–H groups in total. The van der Waals surface area contributed by atoms with Crippen LogP contribution in [0.25, 0.3) is 0 Å². The third kappa shape index (κ3) is 4.38. The minimum absolute atomic E-state index is 0.0270. The second-order valence-corrected chi connectivity index (χ2v) is 7.86. The number of aromatic nitrogens is 2. The number of hydrogen-bond donors (Lipinski definition) is 6. The van der Waals surface area contributed by atoms with Crippen LogP contribution in [0.1, 0.15) is 36.7 Å². The Bertz CT molecular complexity index is 934. The summed E-state index contributed by atoms with van der Waals surface area (Å²) in [6, 6.07) is 3.55. The molecule has 0 radical (unpaired) electrons. The molecular weight excluding hydrogens is 415 g/mol. The van der Waals surface area contributed by atoms with Gasteiger partial charge in [-0.15, -0.1) is 5.10 Å². The van der Waals surface area contributed by atoms with Gasteiger partial charge in [0.2, 0.25) is 5.88 Å². The van der Waals surface area contributed by atoms with E-state index in [1.165, 1.54) is 12.1 Å². The van der Waals surface area contributed by atoms with Crippen molar-refractivity contribution in [3.63, 3.8) is 0 Å². The molecule has 0 unspecified atom stereocenters. The number of aliphatic hydroxyl groups is 5. The molecule has 1 saturated heterocycles. The molecule has 1 fully saturated rings. The van der Waals surface area contributed by atoms with Gasteiger partial charge >= 0.3 is 5.97 Å². The van der Waals surface area contributed by atoms with Crippen LogP contribution in [0.4, 0.5) is 4.39 Å². The molecule has 3 rings (SSSR count). The van der Waals surface area contributed by atoms with Crippen LogP contribution in [0, 0.1) is 12.7 Å². The Kier molecular flexibility index (Phi) is 6.56. The van der Waals surface area contributed by atoms with Crippen molar-refractivity contribution in [3.05, 3.63) is 40.8 Å². The highest BCUT2D eigenvalue weighted by molar-refractivity contribution is 5.39. The first-order chi connectivity index (χ1) is 14.5. The number of aliphatic hydroxyl groups excluding tert-OH is 4. The smallest absolute Gasteiger partial charge is 0.356 e. The molecule has 2 aromatic rings. The van der Waals surface area contributed by atoms with Crippen LogP contribution in [0.15, 0.2) is 18.2 Å². The maximum Gasteiger partial charge on any atom is 0.356 e. The molecule has 0 amide bonds. The van der Waals surface area contributed by atoms with E-state index in [-0.39, 0.29) is 29.7 Å². The van der Waals surface area contributed by atoms with E-state index in [1.54, 1.807) is 11.6 Å².